The van der Waals surface area contributed by atoms with Crippen LogP contribution in [0.25, 0.3) is 17.5 Å². The van der Waals surface area contributed by atoms with Crippen molar-refractivity contribution in [3.63, 3.8) is 0 Å². The van der Waals surface area contributed by atoms with Crippen LogP contribution >= 0.6 is 0 Å². The van der Waals surface area contributed by atoms with Crippen LogP contribution in [-0.4, -0.2) is 10.1 Å². The summed E-state index contributed by atoms with van der Waals surface area (Å²) in [5.74, 6) is 0.553. The van der Waals surface area contributed by atoms with Crippen LogP contribution in [0.2, 0.25) is 0 Å². The molecule has 0 aliphatic carbocycles. The molecule has 0 fully saturated rings. The van der Waals surface area contributed by atoms with Gasteiger partial charge in [-0.15, -0.1) is 0 Å². The minimum atomic E-state index is 0.553. The SMILES string of the molecule is C/C=C/c1ccc(-c2ncno2)cc1. The minimum Gasteiger partial charge on any atom is -0.334 e. The van der Waals surface area contributed by atoms with Gasteiger partial charge < -0.3 is 4.52 Å². The summed E-state index contributed by atoms with van der Waals surface area (Å²) in [6.45, 7) is 1.99. The first-order chi connectivity index (χ1) is 6.90. The summed E-state index contributed by atoms with van der Waals surface area (Å²) in [5.41, 5.74) is 2.10. The highest BCUT2D eigenvalue weighted by Gasteiger charge is 2.01. The lowest BCUT2D eigenvalue weighted by Gasteiger charge is -1.95. The summed E-state index contributed by atoms with van der Waals surface area (Å²) >= 11 is 0. The van der Waals surface area contributed by atoms with Crippen LogP contribution in [0.5, 0.6) is 0 Å². The molecule has 2 aromatic rings. The maximum Gasteiger partial charge on any atom is 0.257 e. The molecule has 0 saturated heterocycles. The van der Waals surface area contributed by atoms with Crippen LogP contribution in [0.4, 0.5) is 0 Å². The fraction of sp³-hybridized carbons (Fsp3) is 0.0909. The van der Waals surface area contributed by atoms with Gasteiger partial charge in [0.2, 0.25) is 0 Å². The van der Waals surface area contributed by atoms with Crippen molar-refractivity contribution in [1.82, 2.24) is 10.1 Å². The van der Waals surface area contributed by atoms with Gasteiger partial charge in [0.15, 0.2) is 6.33 Å². The Bertz CT molecular complexity index is 415. The molecule has 0 bridgehead atoms. The summed E-state index contributed by atoms with van der Waals surface area (Å²) in [5, 5.41) is 3.56. The lowest BCUT2D eigenvalue weighted by atomic mass is 10.1. The molecule has 0 amide bonds. The van der Waals surface area contributed by atoms with Crippen molar-refractivity contribution in [2.45, 2.75) is 6.92 Å². The lowest BCUT2D eigenvalue weighted by Crippen LogP contribution is -1.77. The Morgan fingerprint density at radius 3 is 2.57 bits per heavy atom. The highest BCUT2D eigenvalue weighted by Crippen LogP contribution is 2.16. The predicted octanol–water partition coefficient (Wildman–Crippen LogP) is 2.77. The zero-order valence-corrected chi connectivity index (χ0v) is 7.84. The first-order valence-electron chi connectivity index (χ1n) is 4.40. The second-order valence-electron chi connectivity index (χ2n) is 2.87. The zero-order chi connectivity index (χ0) is 9.80. The van der Waals surface area contributed by atoms with E-state index < -0.39 is 0 Å². The van der Waals surface area contributed by atoms with E-state index in [9.17, 15) is 0 Å². The Hall–Kier alpha value is -1.90. The molecule has 14 heavy (non-hydrogen) atoms. The summed E-state index contributed by atoms with van der Waals surface area (Å²) in [6.07, 6.45) is 5.44. The molecule has 2 rings (SSSR count). The van der Waals surface area contributed by atoms with Gasteiger partial charge in [-0.1, -0.05) is 29.4 Å². The zero-order valence-electron chi connectivity index (χ0n) is 7.84. The van der Waals surface area contributed by atoms with Crippen LogP contribution < -0.4 is 0 Å². The van der Waals surface area contributed by atoms with Gasteiger partial charge >= 0.3 is 0 Å². The van der Waals surface area contributed by atoms with Crippen LogP contribution in [0, 0.1) is 0 Å². The molecule has 0 radical (unpaired) electrons. The van der Waals surface area contributed by atoms with Gasteiger partial charge in [0, 0.05) is 5.56 Å². The molecule has 0 saturated carbocycles. The van der Waals surface area contributed by atoms with E-state index in [4.69, 9.17) is 4.52 Å². The fourth-order valence-corrected chi connectivity index (χ4v) is 1.23. The molecule has 3 heteroatoms. The standard InChI is InChI=1S/C11H10N2O/c1-2-3-9-4-6-10(7-5-9)11-12-8-13-14-11/h2-8H,1H3/b3-2+. The van der Waals surface area contributed by atoms with E-state index in [1.165, 1.54) is 6.33 Å². The number of hydrogen-bond acceptors (Lipinski definition) is 3. The predicted molar refractivity (Wildman–Crippen MR) is 54.4 cm³/mol. The molecule has 1 heterocycles. The third kappa shape index (κ3) is 1.71. The summed E-state index contributed by atoms with van der Waals surface area (Å²) in [7, 11) is 0. The molecule has 0 unspecified atom stereocenters. The number of nitrogens with zero attached hydrogens (tertiary/aromatic N) is 2. The van der Waals surface area contributed by atoms with Crippen molar-refractivity contribution in [2.75, 3.05) is 0 Å². The average molecular weight is 186 g/mol. The molecule has 0 N–H and O–H groups in total. The van der Waals surface area contributed by atoms with Gasteiger partial charge in [0.05, 0.1) is 0 Å². The van der Waals surface area contributed by atoms with Crippen LogP contribution in [0.15, 0.2) is 41.2 Å². The Morgan fingerprint density at radius 2 is 2.00 bits per heavy atom. The van der Waals surface area contributed by atoms with Crippen molar-refractivity contribution >= 4 is 6.08 Å². The molecule has 0 aliphatic heterocycles. The minimum absolute atomic E-state index is 0.553. The van der Waals surface area contributed by atoms with Crippen molar-refractivity contribution in [3.05, 3.63) is 42.2 Å². The van der Waals surface area contributed by atoms with Gasteiger partial charge in [-0.2, -0.15) is 4.98 Å². The Balaban J connectivity index is 2.31. The highest BCUT2D eigenvalue weighted by molar-refractivity contribution is 5.58. The van der Waals surface area contributed by atoms with E-state index in [0.29, 0.717) is 5.89 Å². The molecule has 0 atom stereocenters. The third-order valence-electron chi connectivity index (χ3n) is 1.88. The number of aromatic nitrogens is 2. The molecule has 1 aromatic carbocycles. The fourth-order valence-electron chi connectivity index (χ4n) is 1.23. The van der Waals surface area contributed by atoms with E-state index in [0.717, 1.165) is 11.1 Å². The first kappa shape index (κ1) is 8.69. The largest absolute Gasteiger partial charge is 0.334 e. The van der Waals surface area contributed by atoms with E-state index in [1.807, 2.05) is 43.3 Å². The van der Waals surface area contributed by atoms with Gasteiger partial charge in [-0.25, -0.2) is 0 Å². The second kappa shape index (κ2) is 3.87. The lowest BCUT2D eigenvalue weighted by molar-refractivity contribution is 0.430. The quantitative estimate of drug-likeness (QED) is 0.723. The number of benzene rings is 1. The Morgan fingerprint density at radius 1 is 1.21 bits per heavy atom. The maximum atomic E-state index is 4.94. The Labute approximate surface area is 82.1 Å². The molecule has 0 aliphatic rings. The topological polar surface area (TPSA) is 38.9 Å². The Kier molecular flexibility index (Phi) is 2.40. The second-order valence-corrected chi connectivity index (χ2v) is 2.87. The van der Waals surface area contributed by atoms with E-state index >= 15 is 0 Å². The number of rotatable bonds is 2. The summed E-state index contributed by atoms with van der Waals surface area (Å²) in [6, 6.07) is 7.95. The summed E-state index contributed by atoms with van der Waals surface area (Å²) < 4.78 is 4.94. The molecule has 1 aromatic heterocycles. The molecule has 70 valence electrons. The van der Waals surface area contributed by atoms with Gasteiger partial charge in [-0.3, -0.25) is 0 Å². The molecular weight excluding hydrogens is 176 g/mol. The van der Waals surface area contributed by atoms with Crippen LogP contribution in [0.3, 0.4) is 0 Å². The smallest absolute Gasteiger partial charge is 0.257 e. The van der Waals surface area contributed by atoms with Gasteiger partial charge in [0.1, 0.15) is 0 Å². The normalized spacial score (nSPS) is 10.9. The van der Waals surface area contributed by atoms with Gasteiger partial charge in [0.25, 0.3) is 5.89 Å². The molecule has 0 spiro atoms. The molecule has 3 nitrogen and oxygen atoms in total. The van der Waals surface area contributed by atoms with E-state index in [2.05, 4.69) is 10.1 Å². The average Bonchev–Trinajstić information content (AvgIpc) is 2.72. The monoisotopic (exact) mass is 186 g/mol. The van der Waals surface area contributed by atoms with Crippen molar-refractivity contribution in [2.24, 2.45) is 0 Å². The van der Waals surface area contributed by atoms with E-state index in [1.54, 1.807) is 0 Å². The first-order valence-corrected chi connectivity index (χ1v) is 4.40. The van der Waals surface area contributed by atoms with Crippen molar-refractivity contribution in [1.29, 1.82) is 0 Å². The van der Waals surface area contributed by atoms with Crippen LogP contribution in [0.1, 0.15) is 12.5 Å². The van der Waals surface area contributed by atoms with Gasteiger partial charge in [-0.05, 0) is 24.6 Å². The van der Waals surface area contributed by atoms with E-state index in [-0.39, 0.29) is 0 Å². The summed E-state index contributed by atoms with van der Waals surface area (Å²) in [4.78, 5) is 3.97. The number of hydrogen-bond donors (Lipinski definition) is 0. The van der Waals surface area contributed by atoms with Crippen molar-refractivity contribution in [3.8, 4) is 11.5 Å². The number of allylic oxidation sites excluding steroid dienone is 1. The van der Waals surface area contributed by atoms with Crippen molar-refractivity contribution < 1.29 is 4.52 Å². The third-order valence-corrected chi connectivity index (χ3v) is 1.88. The molecular formula is C11H10N2O. The highest BCUT2D eigenvalue weighted by atomic mass is 16.5. The van der Waals surface area contributed by atoms with Crippen LogP contribution in [-0.2, 0) is 0 Å². The maximum absolute atomic E-state index is 4.94.